The van der Waals surface area contributed by atoms with Crippen LogP contribution in [-0.4, -0.2) is 64.5 Å². The van der Waals surface area contributed by atoms with Crippen molar-refractivity contribution in [1.29, 1.82) is 0 Å². The molecule has 0 spiro atoms. The van der Waals surface area contributed by atoms with E-state index in [-0.39, 0.29) is 55.4 Å². The van der Waals surface area contributed by atoms with Crippen LogP contribution in [0.5, 0.6) is 0 Å². The molecule has 11 heteroatoms. The Morgan fingerprint density at radius 3 is 2.31 bits per heavy atom. The van der Waals surface area contributed by atoms with Crippen LogP contribution in [0.1, 0.15) is 24.3 Å². The summed E-state index contributed by atoms with van der Waals surface area (Å²) in [6, 6.07) is 9.43. The standard InChI is InChI=1S/C25H25F2N3O6/c1-29(34)24(33)30-11-9-25(10-12-30,23(32)35-2)22-28-20(16-5-3-15(14-31)4-6-16)21(36-22)17-7-8-18(26)19(27)13-17/h3-8,13,31,34H,9-12,14H2,1-2H3. The lowest BCUT2D eigenvalue weighted by molar-refractivity contribution is -0.150. The summed E-state index contributed by atoms with van der Waals surface area (Å²) in [5.41, 5.74) is 0.377. The molecule has 0 saturated carbocycles. The molecule has 1 aliphatic heterocycles. The number of amides is 2. The number of halogens is 2. The van der Waals surface area contributed by atoms with E-state index in [1.807, 2.05) is 0 Å². The van der Waals surface area contributed by atoms with Crippen molar-refractivity contribution in [3.05, 3.63) is 65.6 Å². The summed E-state index contributed by atoms with van der Waals surface area (Å²) in [7, 11) is 2.44. The van der Waals surface area contributed by atoms with Crippen LogP contribution < -0.4 is 0 Å². The van der Waals surface area contributed by atoms with Gasteiger partial charge in [-0.15, -0.1) is 0 Å². The number of piperidine rings is 1. The number of benzene rings is 2. The van der Waals surface area contributed by atoms with Crippen molar-refractivity contribution in [2.75, 3.05) is 27.2 Å². The van der Waals surface area contributed by atoms with Gasteiger partial charge in [0.15, 0.2) is 17.4 Å². The van der Waals surface area contributed by atoms with Crippen LogP contribution in [0, 0.1) is 11.6 Å². The van der Waals surface area contributed by atoms with Gasteiger partial charge in [-0.25, -0.2) is 23.6 Å². The van der Waals surface area contributed by atoms with Gasteiger partial charge in [-0.1, -0.05) is 24.3 Å². The van der Waals surface area contributed by atoms with Crippen LogP contribution >= 0.6 is 0 Å². The predicted molar refractivity (Wildman–Crippen MR) is 123 cm³/mol. The van der Waals surface area contributed by atoms with Gasteiger partial charge in [0, 0.05) is 31.3 Å². The number of hydrogen-bond donors (Lipinski definition) is 2. The molecular weight excluding hydrogens is 476 g/mol. The molecule has 0 unspecified atom stereocenters. The van der Waals surface area contributed by atoms with E-state index >= 15 is 0 Å². The Kier molecular flexibility index (Phi) is 7.04. The molecule has 0 bridgehead atoms. The van der Waals surface area contributed by atoms with E-state index in [0.717, 1.165) is 12.1 Å². The number of aliphatic hydroxyl groups is 1. The highest BCUT2D eigenvalue weighted by Gasteiger charge is 2.49. The summed E-state index contributed by atoms with van der Waals surface area (Å²) in [5, 5.41) is 19.3. The third-order valence-corrected chi connectivity index (χ3v) is 6.37. The van der Waals surface area contributed by atoms with Crippen molar-refractivity contribution in [1.82, 2.24) is 14.9 Å². The summed E-state index contributed by atoms with van der Waals surface area (Å²) in [6.07, 6.45) is 0.194. The molecule has 2 heterocycles. The Labute approximate surface area is 205 Å². The molecule has 2 N–H and O–H groups in total. The summed E-state index contributed by atoms with van der Waals surface area (Å²) in [5.74, 6) is -2.58. The molecule has 3 aromatic rings. The van der Waals surface area contributed by atoms with Gasteiger partial charge in [0.1, 0.15) is 11.1 Å². The number of hydroxylamine groups is 2. The number of methoxy groups -OCH3 is 1. The van der Waals surface area contributed by atoms with Crippen LogP contribution in [0.3, 0.4) is 0 Å². The normalized spacial score (nSPS) is 15.0. The van der Waals surface area contributed by atoms with Crippen LogP contribution in [0.25, 0.3) is 22.6 Å². The second kappa shape index (κ2) is 10.0. The first-order valence-corrected chi connectivity index (χ1v) is 11.2. The number of rotatable bonds is 5. The average molecular weight is 501 g/mol. The van der Waals surface area contributed by atoms with Crippen molar-refractivity contribution in [3.8, 4) is 22.6 Å². The number of carbonyl (C=O) groups excluding carboxylic acids is 2. The number of esters is 1. The number of carbonyl (C=O) groups is 2. The maximum Gasteiger partial charge on any atom is 0.343 e. The SMILES string of the molecule is COC(=O)C1(c2nc(-c3ccc(CO)cc3)c(-c3ccc(F)c(F)c3)o2)CCN(C(=O)N(C)O)CC1. The Morgan fingerprint density at radius 2 is 1.75 bits per heavy atom. The number of oxazole rings is 1. The highest BCUT2D eigenvalue weighted by atomic mass is 19.2. The topological polar surface area (TPSA) is 116 Å². The predicted octanol–water partition coefficient (Wildman–Crippen LogP) is 3.73. The summed E-state index contributed by atoms with van der Waals surface area (Å²) in [4.78, 5) is 31.2. The number of hydrogen-bond acceptors (Lipinski definition) is 7. The lowest BCUT2D eigenvalue weighted by atomic mass is 9.78. The number of aromatic nitrogens is 1. The molecule has 2 amide bonds. The quantitative estimate of drug-likeness (QED) is 0.311. The zero-order valence-electron chi connectivity index (χ0n) is 19.7. The molecule has 1 aromatic heterocycles. The van der Waals surface area contributed by atoms with Gasteiger partial charge < -0.3 is 19.2 Å². The fourth-order valence-corrected chi connectivity index (χ4v) is 4.31. The third-order valence-electron chi connectivity index (χ3n) is 6.37. The second-order valence-electron chi connectivity index (χ2n) is 8.55. The second-order valence-corrected chi connectivity index (χ2v) is 8.55. The summed E-state index contributed by atoms with van der Waals surface area (Å²) >= 11 is 0. The van der Waals surface area contributed by atoms with Gasteiger partial charge in [0.05, 0.1) is 13.7 Å². The van der Waals surface area contributed by atoms with E-state index in [2.05, 4.69) is 4.98 Å². The van der Waals surface area contributed by atoms with Crippen LogP contribution in [0.15, 0.2) is 46.9 Å². The lowest BCUT2D eigenvalue weighted by Crippen LogP contribution is -2.51. The molecule has 190 valence electrons. The molecule has 9 nitrogen and oxygen atoms in total. The van der Waals surface area contributed by atoms with Crippen molar-refractivity contribution in [2.24, 2.45) is 0 Å². The van der Waals surface area contributed by atoms with Crippen LogP contribution in [-0.2, 0) is 21.6 Å². The monoisotopic (exact) mass is 501 g/mol. The molecule has 0 aliphatic carbocycles. The van der Waals surface area contributed by atoms with Crippen molar-refractivity contribution >= 4 is 12.0 Å². The molecule has 0 radical (unpaired) electrons. The van der Waals surface area contributed by atoms with Gasteiger partial charge in [-0.05, 0) is 36.6 Å². The first-order valence-electron chi connectivity index (χ1n) is 11.2. The Hall–Kier alpha value is -3.83. The first kappa shape index (κ1) is 25.3. The van der Waals surface area contributed by atoms with Gasteiger partial charge >= 0.3 is 12.0 Å². The largest absolute Gasteiger partial charge is 0.468 e. The van der Waals surface area contributed by atoms with Crippen LogP contribution in [0.4, 0.5) is 13.6 Å². The van der Waals surface area contributed by atoms with E-state index in [4.69, 9.17) is 9.15 Å². The maximum absolute atomic E-state index is 14.1. The molecule has 2 aromatic carbocycles. The summed E-state index contributed by atoms with van der Waals surface area (Å²) in [6.45, 7) is 0.0641. The number of nitrogens with zero attached hydrogens (tertiary/aromatic N) is 3. The van der Waals surface area contributed by atoms with E-state index in [1.54, 1.807) is 24.3 Å². The first-order chi connectivity index (χ1) is 17.2. The van der Waals surface area contributed by atoms with Crippen molar-refractivity contribution < 1.29 is 37.8 Å². The van der Waals surface area contributed by atoms with Gasteiger partial charge in [0.2, 0.25) is 5.89 Å². The Balaban J connectivity index is 1.83. The third kappa shape index (κ3) is 4.54. The fraction of sp³-hybridized carbons (Fsp3) is 0.320. The van der Waals surface area contributed by atoms with E-state index < -0.39 is 29.0 Å². The Morgan fingerprint density at radius 1 is 1.11 bits per heavy atom. The van der Waals surface area contributed by atoms with E-state index in [9.17, 15) is 28.7 Å². The number of likely N-dealkylation sites (tertiary alicyclic amines) is 1. The summed E-state index contributed by atoms with van der Waals surface area (Å²) < 4.78 is 38.9. The molecule has 1 fully saturated rings. The molecule has 1 aliphatic rings. The number of ether oxygens (including phenoxy) is 1. The number of aliphatic hydroxyl groups excluding tert-OH is 1. The zero-order valence-corrected chi connectivity index (χ0v) is 19.7. The van der Waals surface area contributed by atoms with E-state index in [1.165, 1.54) is 25.1 Å². The smallest absolute Gasteiger partial charge is 0.343 e. The average Bonchev–Trinajstić information content (AvgIpc) is 3.35. The minimum Gasteiger partial charge on any atom is -0.468 e. The highest BCUT2D eigenvalue weighted by molar-refractivity contribution is 5.84. The minimum absolute atomic E-state index is 0.0137. The van der Waals surface area contributed by atoms with Crippen molar-refractivity contribution in [2.45, 2.75) is 24.9 Å². The van der Waals surface area contributed by atoms with Gasteiger partial charge in [-0.3, -0.25) is 10.0 Å². The molecule has 36 heavy (non-hydrogen) atoms. The fourth-order valence-electron chi connectivity index (χ4n) is 4.31. The zero-order chi connectivity index (χ0) is 26.0. The molecule has 0 atom stereocenters. The molecular formula is C25H25F2N3O6. The van der Waals surface area contributed by atoms with Gasteiger partial charge in [-0.2, -0.15) is 0 Å². The van der Waals surface area contributed by atoms with E-state index in [0.29, 0.717) is 16.2 Å². The highest BCUT2D eigenvalue weighted by Crippen LogP contribution is 2.42. The Bertz CT molecular complexity index is 1270. The molecule has 1 saturated heterocycles. The lowest BCUT2D eigenvalue weighted by Gasteiger charge is -2.38. The maximum atomic E-state index is 14.1. The molecule has 4 rings (SSSR count). The van der Waals surface area contributed by atoms with Crippen molar-refractivity contribution in [3.63, 3.8) is 0 Å². The minimum atomic E-state index is -1.35. The van der Waals surface area contributed by atoms with Crippen LogP contribution in [0.2, 0.25) is 0 Å². The van der Waals surface area contributed by atoms with Gasteiger partial charge in [0.25, 0.3) is 0 Å². The number of urea groups is 1.